The summed E-state index contributed by atoms with van der Waals surface area (Å²) in [7, 11) is 0. The summed E-state index contributed by atoms with van der Waals surface area (Å²) in [4.78, 5) is 35.9. The van der Waals surface area contributed by atoms with Gasteiger partial charge in [-0.1, -0.05) is 68.3 Å². The molecule has 1 amide bonds. The Bertz CT molecular complexity index is 720. The molecule has 2 aromatic rings. The van der Waals surface area contributed by atoms with E-state index < -0.39 is 11.5 Å². The minimum Gasteiger partial charge on any atom is -0.479 e. The van der Waals surface area contributed by atoms with Crippen LogP contribution in [0.15, 0.2) is 60.7 Å². The van der Waals surface area contributed by atoms with Gasteiger partial charge in [0.25, 0.3) is 0 Å². The Labute approximate surface area is 170 Å². The van der Waals surface area contributed by atoms with Crippen LogP contribution in [0.1, 0.15) is 31.7 Å². The minimum atomic E-state index is -1.98. The fraction of sp³-hybridized carbons (Fsp3) is 0.318. The van der Waals surface area contributed by atoms with Crippen molar-refractivity contribution >= 4 is 36.0 Å². The number of carbonyl (C=O) groups excluding carboxylic acids is 2. The summed E-state index contributed by atoms with van der Waals surface area (Å²) < 4.78 is 0. The van der Waals surface area contributed by atoms with E-state index in [1.807, 2.05) is 0 Å². The summed E-state index contributed by atoms with van der Waals surface area (Å²) in [5, 5.41) is 9.62. The maximum absolute atomic E-state index is 11.8. The molecule has 0 aliphatic carbocycles. The first-order chi connectivity index (χ1) is 13.6. The Morgan fingerprint density at radius 1 is 1.04 bits per heavy atom. The molecule has 0 aromatic heterocycles. The number of carbonyl (C=O) groups is 3. The highest BCUT2D eigenvalue weighted by Gasteiger charge is 2.45. The second-order valence-electron chi connectivity index (χ2n) is 6.22. The minimum absolute atomic E-state index is 0.111. The highest BCUT2D eigenvalue weighted by Crippen LogP contribution is 2.25. The fourth-order valence-corrected chi connectivity index (χ4v) is 2.83. The first-order valence-corrected chi connectivity index (χ1v) is 9.68. The zero-order valence-electron chi connectivity index (χ0n) is 16.0. The summed E-state index contributed by atoms with van der Waals surface area (Å²) in [5.74, 6) is -0.546. The van der Waals surface area contributed by atoms with Crippen molar-refractivity contribution in [3.8, 4) is 0 Å². The molecule has 2 aromatic carbocycles. The van der Waals surface area contributed by atoms with Gasteiger partial charge in [0.15, 0.2) is 6.29 Å². The standard InChI is InChI=1S/C17H15NO4.C5H11Cl/c19-12-17(16(21)22,11-14-7-3-1-4-8-14)18(13-20)15-9-5-2-6-10-15;1-2-3-4-5-6/h1-10,12-13H,11H2,(H,21,22);2-5H2,1H3/t17-;/m0./s1. The van der Waals surface area contributed by atoms with Crippen molar-refractivity contribution in [2.24, 2.45) is 0 Å². The summed E-state index contributed by atoms with van der Waals surface area (Å²) in [6, 6.07) is 17.0. The van der Waals surface area contributed by atoms with Crippen LogP contribution in [0, 0.1) is 0 Å². The predicted molar refractivity (Wildman–Crippen MR) is 112 cm³/mol. The van der Waals surface area contributed by atoms with Crippen molar-refractivity contribution in [2.75, 3.05) is 10.8 Å². The van der Waals surface area contributed by atoms with Crippen LogP contribution in [0.2, 0.25) is 0 Å². The Morgan fingerprint density at radius 3 is 2.00 bits per heavy atom. The van der Waals surface area contributed by atoms with Gasteiger partial charge in [-0.15, -0.1) is 11.6 Å². The van der Waals surface area contributed by atoms with Gasteiger partial charge in [-0.05, 0) is 24.1 Å². The quantitative estimate of drug-likeness (QED) is 0.277. The Hall–Kier alpha value is -2.66. The van der Waals surface area contributed by atoms with Crippen LogP contribution in [-0.4, -0.2) is 35.2 Å². The zero-order chi connectivity index (χ0) is 20.8. The van der Waals surface area contributed by atoms with Gasteiger partial charge in [0, 0.05) is 18.0 Å². The molecular weight excluding hydrogens is 378 g/mol. The number of amides is 1. The van der Waals surface area contributed by atoms with Crippen LogP contribution in [-0.2, 0) is 20.8 Å². The summed E-state index contributed by atoms with van der Waals surface area (Å²) in [5.41, 5.74) is -0.979. The molecule has 2 rings (SSSR count). The van der Waals surface area contributed by atoms with Crippen LogP contribution in [0.25, 0.3) is 0 Å². The average Bonchev–Trinajstić information content (AvgIpc) is 2.73. The monoisotopic (exact) mass is 403 g/mol. The van der Waals surface area contributed by atoms with Crippen LogP contribution in [0.4, 0.5) is 5.69 Å². The van der Waals surface area contributed by atoms with E-state index in [2.05, 4.69) is 6.92 Å². The number of anilines is 1. The number of rotatable bonds is 10. The molecule has 0 heterocycles. The van der Waals surface area contributed by atoms with Gasteiger partial charge in [-0.3, -0.25) is 9.69 Å². The van der Waals surface area contributed by atoms with Crippen molar-refractivity contribution in [2.45, 2.75) is 38.1 Å². The normalized spacial score (nSPS) is 12.1. The molecule has 150 valence electrons. The van der Waals surface area contributed by atoms with Crippen molar-refractivity contribution in [1.82, 2.24) is 0 Å². The van der Waals surface area contributed by atoms with Gasteiger partial charge in [0.05, 0.1) is 0 Å². The number of aldehydes is 1. The third kappa shape index (κ3) is 6.50. The Morgan fingerprint density at radius 2 is 1.61 bits per heavy atom. The number of para-hydroxylation sites is 1. The van der Waals surface area contributed by atoms with Gasteiger partial charge in [-0.2, -0.15) is 0 Å². The molecule has 0 aliphatic rings. The second kappa shape index (κ2) is 12.7. The van der Waals surface area contributed by atoms with Crippen LogP contribution < -0.4 is 4.90 Å². The maximum Gasteiger partial charge on any atom is 0.337 e. The number of nitrogens with zero attached hydrogens (tertiary/aromatic N) is 1. The lowest BCUT2D eigenvalue weighted by atomic mass is 9.90. The van der Waals surface area contributed by atoms with E-state index in [1.165, 1.54) is 19.3 Å². The molecule has 0 aliphatic heterocycles. The van der Waals surface area contributed by atoms with Gasteiger partial charge >= 0.3 is 5.97 Å². The number of aliphatic carboxylic acids is 1. The Kier molecular flexibility index (Phi) is 10.6. The first-order valence-electron chi connectivity index (χ1n) is 9.15. The molecule has 0 spiro atoms. The average molecular weight is 404 g/mol. The lowest BCUT2D eigenvalue weighted by Gasteiger charge is -2.33. The molecule has 6 heteroatoms. The van der Waals surface area contributed by atoms with Crippen LogP contribution in [0.3, 0.4) is 0 Å². The highest BCUT2D eigenvalue weighted by molar-refractivity contribution is 6.17. The second-order valence-corrected chi connectivity index (χ2v) is 6.59. The van der Waals surface area contributed by atoms with Crippen molar-refractivity contribution in [3.05, 3.63) is 66.2 Å². The van der Waals surface area contributed by atoms with Gasteiger partial charge < -0.3 is 9.90 Å². The number of hydrogen-bond donors (Lipinski definition) is 1. The number of hydrogen-bond acceptors (Lipinski definition) is 3. The van der Waals surface area contributed by atoms with E-state index in [9.17, 15) is 19.5 Å². The number of alkyl halides is 1. The molecule has 0 unspecified atom stereocenters. The predicted octanol–water partition coefficient (Wildman–Crippen LogP) is 4.33. The number of benzene rings is 2. The molecular formula is C22H26ClNO4. The number of unbranched alkanes of at least 4 members (excludes halogenated alkanes) is 2. The van der Waals surface area contributed by atoms with Gasteiger partial charge in [0.2, 0.25) is 11.9 Å². The maximum atomic E-state index is 11.8. The van der Waals surface area contributed by atoms with E-state index >= 15 is 0 Å². The molecule has 0 bridgehead atoms. The zero-order valence-corrected chi connectivity index (χ0v) is 16.7. The highest BCUT2D eigenvalue weighted by atomic mass is 35.5. The van der Waals surface area contributed by atoms with E-state index in [4.69, 9.17) is 11.6 Å². The number of carboxylic acid groups (broad SMARTS) is 1. The SMILES string of the molecule is CCCCCCl.O=CN(c1ccccc1)[C@](C=O)(Cc1ccccc1)C(=O)O. The molecule has 1 N–H and O–H groups in total. The van der Waals surface area contributed by atoms with Crippen molar-refractivity contribution in [3.63, 3.8) is 0 Å². The fourth-order valence-electron chi connectivity index (χ4n) is 2.64. The molecule has 28 heavy (non-hydrogen) atoms. The van der Waals surface area contributed by atoms with E-state index in [-0.39, 0.29) is 6.42 Å². The van der Waals surface area contributed by atoms with E-state index in [0.29, 0.717) is 23.9 Å². The third-order valence-electron chi connectivity index (χ3n) is 4.19. The largest absolute Gasteiger partial charge is 0.479 e. The summed E-state index contributed by atoms with van der Waals surface area (Å²) in [6.45, 7) is 2.17. The number of halogens is 1. The van der Waals surface area contributed by atoms with E-state index in [1.54, 1.807) is 60.7 Å². The topological polar surface area (TPSA) is 74.7 Å². The first kappa shape index (κ1) is 23.4. The molecule has 0 radical (unpaired) electrons. The van der Waals surface area contributed by atoms with Crippen LogP contribution in [0.5, 0.6) is 0 Å². The molecule has 5 nitrogen and oxygen atoms in total. The molecule has 0 fully saturated rings. The van der Waals surface area contributed by atoms with Gasteiger partial charge in [-0.25, -0.2) is 4.79 Å². The lowest BCUT2D eigenvalue weighted by Crippen LogP contribution is -2.57. The molecule has 1 atom stereocenters. The van der Waals surface area contributed by atoms with Crippen LogP contribution >= 0.6 is 11.6 Å². The summed E-state index contributed by atoms with van der Waals surface area (Å²) >= 11 is 5.38. The molecule has 0 saturated heterocycles. The van der Waals surface area contributed by atoms with Gasteiger partial charge in [0.1, 0.15) is 0 Å². The van der Waals surface area contributed by atoms with Crippen molar-refractivity contribution < 1.29 is 19.5 Å². The van der Waals surface area contributed by atoms with Crippen molar-refractivity contribution in [1.29, 1.82) is 0 Å². The van der Waals surface area contributed by atoms with E-state index in [0.717, 1.165) is 10.8 Å². The molecule has 0 saturated carbocycles. The number of carboxylic acids is 1. The smallest absolute Gasteiger partial charge is 0.337 e. The third-order valence-corrected chi connectivity index (χ3v) is 4.46. The lowest BCUT2D eigenvalue weighted by molar-refractivity contribution is -0.146. The Balaban J connectivity index is 0.000000568. The summed E-state index contributed by atoms with van der Waals surface area (Å²) in [6.07, 6.45) is 4.30.